The van der Waals surface area contributed by atoms with Gasteiger partial charge in [-0.2, -0.15) is 3.11 Å². The van der Waals surface area contributed by atoms with Crippen molar-refractivity contribution in [2.24, 2.45) is 5.73 Å². The topological polar surface area (TPSA) is 55.6 Å². The standard InChI is InChI=1S/C6H13IN2O2/c1-4(10)6(8)9(7)5(2)11-3/h5-6H,8H2,1-3H3/t5-,6?/m1/s1. The van der Waals surface area contributed by atoms with E-state index in [9.17, 15) is 4.79 Å². The lowest BCUT2D eigenvalue weighted by Crippen LogP contribution is -2.45. The first-order valence-electron chi connectivity index (χ1n) is 3.23. The SMILES string of the molecule is CO[C@H](C)N(I)C(N)C(C)=O. The molecule has 5 heteroatoms. The van der Waals surface area contributed by atoms with E-state index in [2.05, 4.69) is 0 Å². The van der Waals surface area contributed by atoms with Crippen LogP contribution in [-0.2, 0) is 9.53 Å². The molecule has 0 aromatic heterocycles. The number of carbonyl (C=O) groups excluding carboxylic acids is 1. The maximum absolute atomic E-state index is 10.8. The zero-order valence-corrected chi connectivity index (χ0v) is 9.03. The molecule has 0 aliphatic rings. The number of carbonyl (C=O) groups is 1. The second kappa shape index (κ2) is 5.02. The molecule has 2 atom stereocenters. The third-order valence-corrected chi connectivity index (χ3v) is 2.76. The average Bonchev–Trinajstić information content (AvgIpc) is 2.00. The van der Waals surface area contributed by atoms with E-state index in [0.29, 0.717) is 0 Å². The molecule has 0 bridgehead atoms. The molecule has 66 valence electrons. The van der Waals surface area contributed by atoms with Gasteiger partial charge in [-0.25, -0.2) is 0 Å². The number of halogens is 1. The first-order valence-corrected chi connectivity index (χ1v) is 4.20. The van der Waals surface area contributed by atoms with Crippen LogP contribution in [0.4, 0.5) is 0 Å². The van der Waals surface area contributed by atoms with Crippen LogP contribution in [0.25, 0.3) is 0 Å². The molecule has 0 spiro atoms. The molecular weight excluding hydrogens is 259 g/mol. The van der Waals surface area contributed by atoms with E-state index in [4.69, 9.17) is 10.5 Å². The molecule has 0 aromatic carbocycles. The molecule has 0 saturated heterocycles. The van der Waals surface area contributed by atoms with Gasteiger partial charge in [0, 0.05) is 30.0 Å². The summed E-state index contributed by atoms with van der Waals surface area (Å²) in [5.41, 5.74) is 5.53. The van der Waals surface area contributed by atoms with Crippen molar-refractivity contribution in [3.8, 4) is 0 Å². The quantitative estimate of drug-likeness (QED) is 0.460. The van der Waals surface area contributed by atoms with Crippen LogP contribution in [0.15, 0.2) is 0 Å². The van der Waals surface area contributed by atoms with Gasteiger partial charge < -0.3 is 10.5 Å². The van der Waals surface area contributed by atoms with Gasteiger partial charge in [0.1, 0.15) is 12.4 Å². The molecule has 1 unspecified atom stereocenters. The van der Waals surface area contributed by atoms with Crippen molar-refractivity contribution in [1.29, 1.82) is 0 Å². The van der Waals surface area contributed by atoms with Crippen molar-refractivity contribution in [3.63, 3.8) is 0 Å². The first-order chi connectivity index (χ1) is 5.00. The van der Waals surface area contributed by atoms with Gasteiger partial charge in [0.05, 0.1) is 0 Å². The summed E-state index contributed by atoms with van der Waals surface area (Å²) >= 11 is 1.97. The average molecular weight is 272 g/mol. The molecule has 4 nitrogen and oxygen atoms in total. The van der Waals surface area contributed by atoms with Crippen LogP contribution >= 0.6 is 22.9 Å². The highest BCUT2D eigenvalue weighted by Gasteiger charge is 2.20. The zero-order chi connectivity index (χ0) is 9.02. The number of methoxy groups -OCH3 is 1. The summed E-state index contributed by atoms with van der Waals surface area (Å²) in [6.45, 7) is 3.29. The van der Waals surface area contributed by atoms with Crippen molar-refractivity contribution in [3.05, 3.63) is 0 Å². The Morgan fingerprint density at radius 1 is 1.73 bits per heavy atom. The second-order valence-corrected chi connectivity index (χ2v) is 3.35. The minimum atomic E-state index is -0.578. The Morgan fingerprint density at radius 2 is 2.18 bits per heavy atom. The number of hydrogen-bond donors (Lipinski definition) is 1. The number of nitrogens with zero attached hydrogens (tertiary/aromatic N) is 1. The fourth-order valence-electron chi connectivity index (χ4n) is 0.501. The molecule has 2 N–H and O–H groups in total. The monoisotopic (exact) mass is 272 g/mol. The molecular formula is C6H13IN2O2. The van der Waals surface area contributed by atoms with Crippen molar-refractivity contribution in [2.75, 3.05) is 7.11 Å². The van der Waals surface area contributed by atoms with Crippen LogP contribution in [0, 0.1) is 0 Å². The fourth-order valence-corrected chi connectivity index (χ4v) is 1.12. The minimum absolute atomic E-state index is 0.0664. The molecule has 0 aromatic rings. The molecule has 0 aliphatic heterocycles. The van der Waals surface area contributed by atoms with Crippen LogP contribution < -0.4 is 5.73 Å². The molecule has 0 amide bonds. The third-order valence-electron chi connectivity index (χ3n) is 1.37. The van der Waals surface area contributed by atoms with Gasteiger partial charge in [-0.15, -0.1) is 0 Å². The molecule has 11 heavy (non-hydrogen) atoms. The summed E-state index contributed by atoms with van der Waals surface area (Å²) in [6, 6.07) is 0. The van der Waals surface area contributed by atoms with Crippen LogP contribution in [-0.4, -0.2) is 28.4 Å². The summed E-state index contributed by atoms with van der Waals surface area (Å²) in [5, 5.41) is 0. The van der Waals surface area contributed by atoms with Gasteiger partial charge in [-0.3, -0.25) is 4.79 Å². The van der Waals surface area contributed by atoms with E-state index in [-0.39, 0.29) is 12.0 Å². The predicted molar refractivity (Wildman–Crippen MR) is 51.0 cm³/mol. The van der Waals surface area contributed by atoms with E-state index in [1.54, 1.807) is 10.2 Å². The van der Waals surface area contributed by atoms with E-state index < -0.39 is 6.17 Å². The van der Waals surface area contributed by atoms with Crippen LogP contribution in [0.1, 0.15) is 13.8 Å². The number of hydrogen-bond acceptors (Lipinski definition) is 4. The Balaban J connectivity index is 4.00. The van der Waals surface area contributed by atoms with Crippen molar-refractivity contribution in [2.45, 2.75) is 26.2 Å². The van der Waals surface area contributed by atoms with E-state index >= 15 is 0 Å². The number of nitrogens with two attached hydrogens (primary N) is 1. The highest BCUT2D eigenvalue weighted by molar-refractivity contribution is 14.1. The van der Waals surface area contributed by atoms with Crippen LogP contribution in [0.5, 0.6) is 0 Å². The van der Waals surface area contributed by atoms with Gasteiger partial charge in [-0.05, 0) is 13.8 Å². The van der Waals surface area contributed by atoms with Gasteiger partial charge in [0.15, 0.2) is 5.78 Å². The number of rotatable bonds is 4. The molecule has 0 radical (unpaired) electrons. The largest absolute Gasteiger partial charge is 0.366 e. The summed E-state index contributed by atoms with van der Waals surface area (Å²) in [6.07, 6.45) is -0.722. The maximum Gasteiger partial charge on any atom is 0.162 e. The Labute approximate surface area is 80.6 Å². The smallest absolute Gasteiger partial charge is 0.162 e. The molecule has 0 aliphatic carbocycles. The predicted octanol–water partition coefficient (Wildman–Crippen LogP) is 0.505. The van der Waals surface area contributed by atoms with E-state index in [0.717, 1.165) is 0 Å². The molecule has 0 fully saturated rings. The van der Waals surface area contributed by atoms with Gasteiger partial charge >= 0.3 is 0 Å². The van der Waals surface area contributed by atoms with E-state index in [1.165, 1.54) is 6.92 Å². The molecule has 0 saturated carbocycles. The second-order valence-electron chi connectivity index (χ2n) is 2.23. The van der Waals surface area contributed by atoms with Gasteiger partial charge in [0.25, 0.3) is 0 Å². The normalized spacial score (nSPS) is 16.5. The number of ether oxygens (including phenoxy) is 1. The number of Topliss-reactive ketones (excluding diaryl/α,β-unsaturated/α-hetero) is 1. The fraction of sp³-hybridized carbons (Fsp3) is 0.833. The minimum Gasteiger partial charge on any atom is -0.366 e. The highest BCUT2D eigenvalue weighted by atomic mass is 127. The Hall–Kier alpha value is 0.280. The van der Waals surface area contributed by atoms with Crippen molar-refractivity contribution >= 4 is 28.6 Å². The Morgan fingerprint density at radius 3 is 2.45 bits per heavy atom. The van der Waals surface area contributed by atoms with E-state index in [1.807, 2.05) is 29.8 Å². The van der Waals surface area contributed by atoms with Gasteiger partial charge in [-0.1, -0.05) is 0 Å². The lowest BCUT2D eigenvalue weighted by atomic mass is 10.3. The zero-order valence-electron chi connectivity index (χ0n) is 6.87. The Bertz CT molecular complexity index is 143. The summed E-state index contributed by atoms with van der Waals surface area (Å²) in [5.74, 6) is -0.0664. The highest BCUT2D eigenvalue weighted by Crippen LogP contribution is 2.09. The summed E-state index contributed by atoms with van der Waals surface area (Å²) < 4.78 is 6.61. The van der Waals surface area contributed by atoms with Crippen LogP contribution in [0.2, 0.25) is 0 Å². The van der Waals surface area contributed by atoms with Gasteiger partial charge in [0.2, 0.25) is 0 Å². The third kappa shape index (κ3) is 3.46. The lowest BCUT2D eigenvalue weighted by Gasteiger charge is -2.24. The maximum atomic E-state index is 10.8. The summed E-state index contributed by atoms with van der Waals surface area (Å²) in [4.78, 5) is 10.8. The number of ketones is 1. The first kappa shape index (κ1) is 11.3. The lowest BCUT2D eigenvalue weighted by molar-refractivity contribution is -0.122. The summed E-state index contributed by atoms with van der Waals surface area (Å²) in [7, 11) is 1.57. The van der Waals surface area contributed by atoms with Crippen LogP contribution in [0.3, 0.4) is 0 Å². The molecule has 0 rings (SSSR count). The Kier molecular flexibility index (Phi) is 5.15. The molecule has 0 heterocycles. The van der Waals surface area contributed by atoms with Crippen molar-refractivity contribution < 1.29 is 9.53 Å². The van der Waals surface area contributed by atoms with Crippen molar-refractivity contribution in [1.82, 2.24) is 3.11 Å².